The van der Waals surface area contributed by atoms with E-state index in [1.54, 1.807) is 0 Å². The van der Waals surface area contributed by atoms with Crippen molar-refractivity contribution in [1.29, 1.82) is 0 Å². The van der Waals surface area contributed by atoms with Gasteiger partial charge in [0, 0.05) is 38.2 Å². The number of hydrogen-bond acceptors (Lipinski definition) is 2. The van der Waals surface area contributed by atoms with Crippen LogP contribution in [0.4, 0.5) is 0 Å². The Kier molecular flexibility index (Phi) is 8.78. The van der Waals surface area contributed by atoms with Crippen LogP contribution in [0.2, 0.25) is 0 Å². The van der Waals surface area contributed by atoms with E-state index in [-0.39, 0.29) is 0 Å². The van der Waals surface area contributed by atoms with E-state index in [9.17, 15) is 0 Å². The van der Waals surface area contributed by atoms with Crippen molar-refractivity contribution in [1.82, 2.24) is 9.55 Å². The Bertz CT molecular complexity index is 3440. The largest absolute Gasteiger partial charge is 0.309 e. The van der Waals surface area contributed by atoms with Crippen molar-refractivity contribution in [3.63, 3.8) is 0 Å². The second kappa shape index (κ2) is 15.0. The van der Waals surface area contributed by atoms with Gasteiger partial charge < -0.3 is 9.13 Å². The Morgan fingerprint density at radius 1 is 0.365 bits per heavy atom. The van der Waals surface area contributed by atoms with Gasteiger partial charge in [-0.1, -0.05) is 206 Å². The van der Waals surface area contributed by atoms with Gasteiger partial charge in [0.1, 0.15) is 0 Å². The summed E-state index contributed by atoms with van der Waals surface area (Å²) in [5.41, 5.74) is 16.0. The third kappa shape index (κ3) is 6.12. The summed E-state index contributed by atoms with van der Waals surface area (Å²) in [6.07, 6.45) is 0. The predicted molar refractivity (Wildman–Crippen MR) is 264 cm³/mol. The number of rotatable bonds is 7. The molecule has 296 valence electrons. The van der Waals surface area contributed by atoms with Gasteiger partial charge >= 0.3 is 0 Å². The van der Waals surface area contributed by atoms with Gasteiger partial charge in [0.2, 0.25) is 0 Å². The van der Waals surface area contributed by atoms with Crippen molar-refractivity contribution in [2.45, 2.75) is 0 Å². The highest BCUT2D eigenvalue weighted by Gasteiger charge is 2.42. The fourth-order valence-electron chi connectivity index (χ4n) is 9.57. The summed E-state index contributed by atoms with van der Waals surface area (Å²) >= 11 is 0. The van der Waals surface area contributed by atoms with Crippen molar-refractivity contribution >= 4 is 44.9 Å². The van der Waals surface area contributed by atoms with Crippen molar-refractivity contribution in [2.24, 2.45) is 0 Å². The molecule has 0 saturated heterocycles. The van der Waals surface area contributed by atoms with Crippen LogP contribution in [0, 0.1) is 0 Å². The van der Waals surface area contributed by atoms with Gasteiger partial charge in [-0.05, 0) is 74.8 Å². The second-order valence-corrected chi connectivity index (χ2v) is 18.9. The molecule has 4 heteroatoms. The summed E-state index contributed by atoms with van der Waals surface area (Å²) in [5, 5.41) is 4.89. The zero-order chi connectivity index (χ0) is 41.9. The van der Waals surface area contributed by atoms with E-state index in [1.165, 1.54) is 22.3 Å². The van der Waals surface area contributed by atoms with Crippen LogP contribution in [0.1, 0.15) is 0 Å². The molecule has 3 nitrogen and oxygen atoms in total. The molecule has 0 N–H and O–H groups in total. The second-order valence-electron chi connectivity index (χ2n) is 16.2. The van der Waals surface area contributed by atoms with Gasteiger partial charge in [-0.2, -0.15) is 0 Å². The molecule has 0 spiro atoms. The number of para-hydroxylation sites is 1. The smallest absolute Gasteiger partial charge is 0.174 e. The van der Waals surface area contributed by atoms with Gasteiger partial charge in [-0.25, -0.2) is 4.98 Å². The lowest BCUT2D eigenvalue weighted by Gasteiger charge is -2.19. The molecular formula is C59H39N2OP. The molecule has 63 heavy (non-hydrogen) atoms. The van der Waals surface area contributed by atoms with Crippen LogP contribution in [0.15, 0.2) is 237 Å². The number of nitrogens with zero attached hydrogens (tertiary/aromatic N) is 2. The average molecular weight is 823 g/mol. The number of benzene rings is 9. The summed E-state index contributed by atoms with van der Waals surface area (Å²) in [6, 6.07) is 82.9. The van der Waals surface area contributed by atoms with E-state index in [4.69, 9.17) is 4.98 Å². The molecule has 9 aromatic carbocycles. The fraction of sp³-hybridized carbons (Fsp3) is 0. The molecule has 11 aromatic rings. The lowest BCUT2D eigenvalue weighted by Crippen LogP contribution is -2.22. The third-order valence-electron chi connectivity index (χ3n) is 12.6. The first kappa shape index (κ1) is 37.0. The molecule has 0 radical (unpaired) electrons. The molecule has 3 heterocycles. The van der Waals surface area contributed by atoms with Crippen molar-refractivity contribution in [3.8, 4) is 72.7 Å². The van der Waals surface area contributed by atoms with Crippen LogP contribution < -0.4 is 15.9 Å². The first-order valence-corrected chi connectivity index (χ1v) is 23.1. The minimum Gasteiger partial charge on any atom is -0.309 e. The molecular weight excluding hydrogens is 784 g/mol. The molecule has 0 amide bonds. The van der Waals surface area contributed by atoms with Crippen LogP contribution >= 0.6 is 7.14 Å². The molecule has 1 unspecified atom stereocenters. The van der Waals surface area contributed by atoms with E-state index >= 15 is 4.57 Å². The summed E-state index contributed by atoms with van der Waals surface area (Å²) in [6.45, 7) is 0. The van der Waals surface area contributed by atoms with E-state index < -0.39 is 7.14 Å². The average Bonchev–Trinajstić information content (AvgIpc) is 3.84. The number of aromatic nitrogens is 2. The molecule has 1 atom stereocenters. The minimum atomic E-state index is -3.25. The molecule has 0 aliphatic carbocycles. The van der Waals surface area contributed by atoms with E-state index in [1.807, 2.05) is 48.5 Å². The van der Waals surface area contributed by atoms with Crippen LogP contribution in [0.3, 0.4) is 0 Å². The maximum atomic E-state index is 16.0. The molecule has 0 fully saturated rings. The van der Waals surface area contributed by atoms with Crippen molar-refractivity contribution < 1.29 is 4.57 Å². The number of pyridine rings is 1. The van der Waals surface area contributed by atoms with Gasteiger partial charge in [0.05, 0.1) is 27.7 Å². The van der Waals surface area contributed by atoms with Crippen LogP contribution in [-0.4, -0.2) is 9.55 Å². The highest BCUT2D eigenvalue weighted by molar-refractivity contribution is 7.86. The Labute approximate surface area is 366 Å². The molecule has 2 aromatic heterocycles. The van der Waals surface area contributed by atoms with Gasteiger partial charge in [-0.3, -0.25) is 0 Å². The number of hydrogen-bond donors (Lipinski definition) is 0. The van der Waals surface area contributed by atoms with Crippen LogP contribution in [0.25, 0.3) is 94.5 Å². The maximum absolute atomic E-state index is 16.0. The molecule has 0 saturated carbocycles. The number of fused-ring (bicyclic) bond motifs is 7. The molecule has 1 aliphatic rings. The monoisotopic (exact) mass is 822 g/mol. The predicted octanol–water partition coefficient (Wildman–Crippen LogP) is 14.1. The summed E-state index contributed by atoms with van der Waals surface area (Å²) in [4.78, 5) is 5.29. The zero-order valence-corrected chi connectivity index (χ0v) is 35.2. The first-order chi connectivity index (χ1) is 31.1. The van der Waals surface area contributed by atoms with Crippen molar-refractivity contribution in [2.75, 3.05) is 0 Å². The van der Waals surface area contributed by atoms with Crippen LogP contribution in [-0.2, 0) is 4.57 Å². The Hall–Kier alpha value is -7.84. The van der Waals surface area contributed by atoms with Gasteiger partial charge in [0.15, 0.2) is 7.14 Å². The quantitative estimate of drug-likeness (QED) is 0.150. The van der Waals surface area contributed by atoms with E-state index in [0.717, 1.165) is 88.2 Å². The van der Waals surface area contributed by atoms with Gasteiger partial charge in [0.25, 0.3) is 0 Å². The molecule has 12 rings (SSSR count). The normalized spacial score (nSPS) is 14.2. The Morgan fingerprint density at radius 2 is 0.841 bits per heavy atom. The fourth-order valence-corrected chi connectivity index (χ4v) is 12.8. The van der Waals surface area contributed by atoms with Crippen LogP contribution in [0.5, 0.6) is 0 Å². The molecule has 0 bridgehead atoms. The lowest BCUT2D eigenvalue weighted by molar-refractivity contribution is 0.593. The third-order valence-corrected chi connectivity index (χ3v) is 15.8. The summed E-state index contributed by atoms with van der Waals surface area (Å²) < 4.78 is 18.4. The lowest BCUT2D eigenvalue weighted by atomic mass is 9.97. The zero-order valence-electron chi connectivity index (χ0n) is 34.3. The summed E-state index contributed by atoms with van der Waals surface area (Å²) in [5.74, 6) is 0. The molecule has 1 aliphatic heterocycles. The maximum Gasteiger partial charge on any atom is 0.174 e. The van der Waals surface area contributed by atoms with Gasteiger partial charge in [-0.15, -0.1) is 0 Å². The Balaban J connectivity index is 1.01. The van der Waals surface area contributed by atoms with E-state index in [2.05, 4.69) is 193 Å². The highest BCUT2D eigenvalue weighted by atomic mass is 31.2. The highest BCUT2D eigenvalue weighted by Crippen LogP contribution is 2.55. The standard InChI is InChI=1S/C59H39N2OP/c62-63(49-18-8-3-9-19-49)57-23-13-11-21-51(57)53-37-36-52-50-20-10-12-22-56(50)61(58(52)59(53)63)48-34-32-44(33-35-48)47-38-54(45-28-24-42(25-29-45)40-14-4-1-5-15-40)60-55(39-47)46-30-26-43(27-31-46)41-16-6-2-7-17-41/h1-39H. The van der Waals surface area contributed by atoms with Crippen molar-refractivity contribution in [3.05, 3.63) is 237 Å². The first-order valence-electron chi connectivity index (χ1n) is 21.4. The minimum absolute atomic E-state index is 0.851. The topological polar surface area (TPSA) is 34.9 Å². The Morgan fingerprint density at radius 3 is 1.46 bits per heavy atom. The van der Waals surface area contributed by atoms with E-state index in [0.29, 0.717) is 0 Å². The SMILES string of the molecule is O=P1(c2ccccc2)c2ccccc2-c2ccc3c4ccccc4n(-c4ccc(-c5cc(-c6ccc(-c7ccccc7)cc6)nc(-c6ccc(-c7ccccc7)cc6)c5)cc4)c3c21. The summed E-state index contributed by atoms with van der Waals surface area (Å²) in [7, 11) is -3.25.